The van der Waals surface area contributed by atoms with Crippen LogP contribution in [0.3, 0.4) is 0 Å². The Bertz CT molecular complexity index is 182. The van der Waals surface area contributed by atoms with Crippen molar-refractivity contribution in [2.45, 2.75) is 52.1 Å². The topological polar surface area (TPSA) is 9.23 Å². The maximum atomic E-state index is 5.39. The van der Waals surface area contributed by atoms with E-state index in [-0.39, 0.29) is 0 Å². The van der Waals surface area contributed by atoms with Crippen LogP contribution in [0.25, 0.3) is 0 Å². The Morgan fingerprint density at radius 2 is 1.93 bits per heavy atom. The standard InChI is InChI=1S/C13H24O/c1-6-7-12(4)8-9-13(14-5)10-11(2)3/h13H,2,4,6-10H2,1,3,5H3. The highest BCUT2D eigenvalue weighted by Crippen LogP contribution is 2.16. The number of hydrogen-bond donors (Lipinski definition) is 0. The molecule has 0 bridgehead atoms. The van der Waals surface area contributed by atoms with Crippen LogP contribution < -0.4 is 0 Å². The molecule has 14 heavy (non-hydrogen) atoms. The van der Waals surface area contributed by atoms with E-state index in [1.165, 1.54) is 17.6 Å². The minimum absolute atomic E-state index is 0.320. The molecule has 0 N–H and O–H groups in total. The second-order valence-corrected chi connectivity index (χ2v) is 4.06. The van der Waals surface area contributed by atoms with Crippen LogP contribution in [-0.2, 0) is 4.74 Å². The van der Waals surface area contributed by atoms with Gasteiger partial charge in [-0.05, 0) is 32.6 Å². The maximum absolute atomic E-state index is 5.39. The molecule has 1 atom stereocenters. The van der Waals surface area contributed by atoms with Gasteiger partial charge in [0.1, 0.15) is 0 Å². The third-order valence-corrected chi connectivity index (χ3v) is 2.33. The Balaban J connectivity index is 3.71. The van der Waals surface area contributed by atoms with Gasteiger partial charge in [-0.2, -0.15) is 0 Å². The Morgan fingerprint density at radius 3 is 2.36 bits per heavy atom. The summed E-state index contributed by atoms with van der Waals surface area (Å²) in [7, 11) is 1.77. The van der Waals surface area contributed by atoms with E-state index in [0.717, 1.165) is 25.7 Å². The van der Waals surface area contributed by atoms with E-state index in [1.54, 1.807) is 7.11 Å². The van der Waals surface area contributed by atoms with E-state index in [2.05, 4.69) is 20.1 Å². The van der Waals surface area contributed by atoms with Crippen molar-refractivity contribution in [1.29, 1.82) is 0 Å². The number of rotatable bonds is 8. The first-order chi connectivity index (χ1) is 6.60. The van der Waals surface area contributed by atoms with Gasteiger partial charge in [0.25, 0.3) is 0 Å². The van der Waals surface area contributed by atoms with Gasteiger partial charge in [-0.15, -0.1) is 6.58 Å². The SMILES string of the molecule is C=C(C)CC(CCC(=C)CCC)OC. The van der Waals surface area contributed by atoms with Crippen molar-refractivity contribution in [2.75, 3.05) is 7.11 Å². The largest absolute Gasteiger partial charge is 0.381 e. The number of hydrogen-bond acceptors (Lipinski definition) is 1. The monoisotopic (exact) mass is 196 g/mol. The zero-order chi connectivity index (χ0) is 11.0. The van der Waals surface area contributed by atoms with Crippen LogP contribution in [0, 0.1) is 0 Å². The van der Waals surface area contributed by atoms with Gasteiger partial charge in [0.15, 0.2) is 0 Å². The molecule has 0 saturated heterocycles. The van der Waals surface area contributed by atoms with E-state index < -0.39 is 0 Å². The van der Waals surface area contributed by atoms with Crippen LogP contribution in [0.5, 0.6) is 0 Å². The van der Waals surface area contributed by atoms with Gasteiger partial charge in [0.05, 0.1) is 6.10 Å². The zero-order valence-corrected chi connectivity index (χ0v) is 9.94. The lowest BCUT2D eigenvalue weighted by molar-refractivity contribution is 0.0957. The van der Waals surface area contributed by atoms with Crippen molar-refractivity contribution in [1.82, 2.24) is 0 Å². The van der Waals surface area contributed by atoms with Gasteiger partial charge in [-0.1, -0.05) is 31.1 Å². The minimum Gasteiger partial charge on any atom is -0.381 e. The van der Waals surface area contributed by atoms with Gasteiger partial charge >= 0.3 is 0 Å². The van der Waals surface area contributed by atoms with E-state index >= 15 is 0 Å². The second-order valence-electron chi connectivity index (χ2n) is 4.06. The van der Waals surface area contributed by atoms with Gasteiger partial charge in [-0.3, -0.25) is 0 Å². The molecule has 0 fully saturated rings. The third kappa shape index (κ3) is 6.90. The molecule has 0 rings (SSSR count). The molecular weight excluding hydrogens is 172 g/mol. The fourth-order valence-corrected chi connectivity index (χ4v) is 1.54. The molecule has 0 aromatic heterocycles. The Labute approximate surface area is 88.9 Å². The summed E-state index contributed by atoms with van der Waals surface area (Å²) < 4.78 is 5.39. The molecule has 1 nitrogen and oxygen atoms in total. The van der Waals surface area contributed by atoms with Gasteiger partial charge < -0.3 is 4.74 Å². The Hall–Kier alpha value is -0.560. The smallest absolute Gasteiger partial charge is 0.0611 e. The highest BCUT2D eigenvalue weighted by atomic mass is 16.5. The zero-order valence-electron chi connectivity index (χ0n) is 9.94. The summed E-state index contributed by atoms with van der Waals surface area (Å²) in [5, 5.41) is 0. The van der Waals surface area contributed by atoms with Crippen molar-refractivity contribution >= 4 is 0 Å². The molecule has 0 aromatic rings. The van der Waals surface area contributed by atoms with E-state index in [4.69, 9.17) is 4.74 Å². The number of allylic oxidation sites excluding steroid dienone is 1. The molecule has 1 heteroatoms. The highest BCUT2D eigenvalue weighted by Gasteiger charge is 2.07. The van der Waals surface area contributed by atoms with Crippen molar-refractivity contribution in [2.24, 2.45) is 0 Å². The van der Waals surface area contributed by atoms with Gasteiger partial charge in [0, 0.05) is 7.11 Å². The maximum Gasteiger partial charge on any atom is 0.0611 e. The molecule has 0 aliphatic carbocycles. The van der Waals surface area contributed by atoms with Crippen molar-refractivity contribution in [3.05, 3.63) is 24.3 Å². The molecule has 0 aliphatic rings. The number of methoxy groups -OCH3 is 1. The second kappa shape index (κ2) is 7.81. The predicted molar refractivity (Wildman–Crippen MR) is 63.5 cm³/mol. The summed E-state index contributed by atoms with van der Waals surface area (Å²) in [6.07, 6.45) is 5.78. The molecular formula is C13H24O. The summed E-state index contributed by atoms with van der Waals surface area (Å²) in [4.78, 5) is 0. The van der Waals surface area contributed by atoms with Gasteiger partial charge in [0.2, 0.25) is 0 Å². The number of ether oxygens (including phenoxy) is 1. The lowest BCUT2D eigenvalue weighted by Crippen LogP contribution is -2.10. The lowest BCUT2D eigenvalue weighted by atomic mass is 10.0. The Morgan fingerprint density at radius 1 is 1.29 bits per heavy atom. The first kappa shape index (κ1) is 13.4. The fraction of sp³-hybridized carbons (Fsp3) is 0.692. The fourth-order valence-electron chi connectivity index (χ4n) is 1.54. The molecule has 0 aliphatic heterocycles. The van der Waals surface area contributed by atoms with Gasteiger partial charge in [-0.25, -0.2) is 0 Å². The molecule has 0 saturated carbocycles. The minimum atomic E-state index is 0.320. The quantitative estimate of drug-likeness (QED) is 0.531. The first-order valence-electron chi connectivity index (χ1n) is 5.44. The predicted octanol–water partition coefficient (Wildman–Crippen LogP) is 4.10. The van der Waals surface area contributed by atoms with Crippen molar-refractivity contribution in [3.63, 3.8) is 0 Å². The normalized spacial score (nSPS) is 12.5. The molecule has 0 heterocycles. The van der Waals surface area contributed by atoms with Crippen LogP contribution in [0.4, 0.5) is 0 Å². The first-order valence-corrected chi connectivity index (χ1v) is 5.44. The summed E-state index contributed by atoms with van der Waals surface area (Å²) in [5.41, 5.74) is 2.54. The average Bonchev–Trinajstić information content (AvgIpc) is 2.12. The van der Waals surface area contributed by atoms with Crippen LogP contribution >= 0.6 is 0 Å². The highest BCUT2D eigenvalue weighted by molar-refractivity contribution is 4.96. The van der Waals surface area contributed by atoms with E-state index in [9.17, 15) is 0 Å². The summed E-state index contributed by atoms with van der Waals surface area (Å²) >= 11 is 0. The third-order valence-electron chi connectivity index (χ3n) is 2.33. The Kier molecular flexibility index (Phi) is 7.50. The summed E-state index contributed by atoms with van der Waals surface area (Å²) in [5.74, 6) is 0. The van der Waals surface area contributed by atoms with Crippen LogP contribution in [0.1, 0.15) is 46.0 Å². The summed E-state index contributed by atoms with van der Waals surface area (Å²) in [6.45, 7) is 12.2. The molecule has 1 unspecified atom stereocenters. The van der Waals surface area contributed by atoms with Crippen LogP contribution in [-0.4, -0.2) is 13.2 Å². The van der Waals surface area contributed by atoms with Crippen LogP contribution in [0.2, 0.25) is 0 Å². The van der Waals surface area contributed by atoms with E-state index in [1.807, 2.05) is 6.92 Å². The van der Waals surface area contributed by atoms with Crippen LogP contribution in [0.15, 0.2) is 24.3 Å². The molecule has 0 amide bonds. The van der Waals surface area contributed by atoms with Crippen molar-refractivity contribution in [3.8, 4) is 0 Å². The lowest BCUT2D eigenvalue weighted by Gasteiger charge is -2.15. The molecule has 0 radical (unpaired) electrons. The van der Waals surface area contributed by atoms with E-state index in [0.29, 0.717) is 6.10 Å². The molecule has 0 spiro atoms. The average molecular weight is 196 g/mol. The molecule has 0 aromatic carbocycles. The van der Waals surface area contributed by atoms with Crippen molar-refractivity contribution < 1.29 is 4.74 Å². The summed E-state index contributed by atoms with van der Waals surface area (Å²) in [6, 6.07) is 0. The molecule has 82 valence electrons.